The van der Waals surface area contributed by atoms with Crippen LogP contribution in [0.5, 0.6) is 17.2 Å². The van der Waals surface area contributed by atoms with Crippen LogP contribution in [0.2, 0.25) is 0 Å². The van der Waals surface area contributed by atoms with Gasteiger partial charge in [-0.1, -0.05) is 53.3 Å². The molecule has 0 aliphatic carbocycles. The van der Waals surface area contributed by atoms with Crippen LogP contribution >= 0.6 is 0 Å². The highest BCUT2D eigenvalue weighted by molar-refractivity contribution is 6.06. The first-order valence-electron chi connectivity index (χ1n) is 11.3. The number of carbonyl (C=O) groups is 1. The van der Waals surface area contributed by atoms with Crippen molar-refractivity contribution in [3.05, 3.63) is 71.8 Å². The largest absolute Gasteiger partial charge is 0.493 e. The molecule has 0 atom stereocenters. The highest BCUT2D eigenvalue weighted by Crippen LogP contribution is 2.40. The maximum absolute atomic E-state index is 12.7. The molecule has 0 aliphatic rings. The van der Waals surface area contributed by atoms with Crippen LogP contribution in [-0.2, 0) is 5.41 Å². The van der Waals surface area contributed by atoms with Crippen molar-refractivity contribution in [3.8, 4) is 17.2 Å². The molecule has 0 bridgehead atoms. The van der Waals surface area contributed by atoms with Crippen LogP contribution in [0.25, 0.3) is 6.08 Å². The first-order valence-corrected chi connectivity index (χ1v) is 11.3. The topological polar surface area (TPSA) is 44.8 Å². The molecule has 0 amide bonds. The van der Waals surface area contributed by atoms with Crippen molar-refractivity contribution in [1.29, 1.82) is 0 Å². The van der Waals surface area contributed by atoms with Crippen molar-refractivity contribution in [2.75, 3.05) is 19.8 Å². The SMILES string of the molecule is C=CCOc1ccc(C(=O)/C=C/c2cc(OCCC)c(C(C)(C)C)c(OCCC)c2)cc1. The van der Waals surface area contributed by atoms with E-state index in [9.17, 15) is 4.79 Å². The third-order valence-corrected chi connectivity index (χ3v) is 4.70. The van der Waals surface area contributed by atoms with Crippen LogP contribution in [-0.4, -0.2) is 25.6 Å². The van der Waals surface area contributed by atoms with E-state index < -0.39 is 0 Å². The molecule has 0 spiro atoms. The first-order chi connectivity index (χ1) is 15.3. The third-order valence-electron chi connectivity index (χ3n) is 4.70. The van der Waals surface area contributed by atoms with E-state index in [1.807, 2.05) is 18.2 Å². The number of hydrogen-bond donors (Lipinski definition) is 0. The Morgan fingerprint density at radius 1 is 0.938 bits per heavy atom. The van der Waals surface area contributed by atoms with Crippen molar-refractivity contribution in [1.82, 2.24) is 0 Å². The lowest BCUT2D eigenvalue weighted by molar-refractivity contribution is 0.104. The van der Waals surface area contributed by atoms with E-state index in [1.165, 1.54) is 0 Å². The maximum atomic E-state index is 12.7. The average molecular weight is 437 g/mol. The second-order valence-corrected chi connectivity index (χ2v) is 8.66. The van der Waals surface area contributed by atoms with Gasteiger partial charge < -0.3 is 14.2 Å². The molecule has 0 saturated heterocycles. The van der Waals surface area contributed by atoms with Gasteiger partial charge in [0.25, 0.3) is 0 Å². The van der Waals surface area contributed by atoms with E-state index in [0.29, 0.717) is 31.1 Å². The van der Waals surface area contributed by atoms with Crippen LogP contribution in [0.3, 0.4) is 0 Å². The van der Waals surface area contributed by atoms with Gasteiger partial charge in [-0.15, -0.1) is 0 Å². The van der Waals surface area contributed by atoms with Crippen LogP contribution < -0.4 is 14.2 Å². The van der Waals surface area contributed by atoms with Gasteiger partial charge in [0.15, 0.2) is 5.78 Å². The van der Waals surface area contributed by atoms with Crippen molar-refractivity contribution >= 4 is 11.9 Å². The Labute approximate surface area is 192 Å². The fourth-order valence-corrected chi connectivity index (χ4v) is 3.24. The Morgan fingerprint density at radius 2 is 1.50 bits per heavy atom. The Bertz CT molecular complexity index is 888. The second-order valence-electron chi connectivity index (χ2n) is 8.66. The Morgan fingerprint density at radius 3 is 1.97 bits per heavy atom. The Balaban J connectivity index is 2.33. The molecule has 0 aromatic heterocycles. The standard InChI is InChI=1S/C28H36O4/c1-7-16-30-23-13-11-22(12-14-23)24(29)15-10-21-19-25(31-17-8-2)27(28(4,5)6)26(20-21)32-18-9-3/h7,10-15,19-20H,1,8-9,16-18H2,2-6H3/b15-10+. The minimum atomic E-state index is -0.139. The van der Waals surface area contributed by atoms with Crippen molar-refractivity contribution < 1.29 is 19.0 Å². The molecule has 0 aliphatic heterocycles. The fourth-order valence-electron chi connectivity index (χ4n) is 3.24. The molecular formula is C28H36O4. The van der Waals surface area contributed by atoms with Crippen molar-refractivity contribution in [2.45, 2.75) is 52.9 Å². The van der Waals surface area contributed by atoms with Crippen LogP contribution in [0.4, 0.5) is 0 Å². The lowest BCUT2D eigenvalue weighted by Gasteiger charge is -2.26. The summed E-state index contributed by atoms with van der Waals surface area (Å²) < 4.78 is 17.7. The highest BCUT2D eigenvalue weighted by Gasteiger charge is 2.25. The maximum Gasteiger partial charge on any atom is 0.185 e. The smallest absolute Gasteiger partial charge is 0.185 e. The molecule has 0 saturated carbocycles. The number of rotatable bonds is 12. The molecule has 32 heavy (non-hydrogen) atoms. The summed E-state index contributed by atoms with van der Waals surface area (Å²) in [7, 11) is 0. The van der Waals surface area contributed by atoms with E-state index in [4.69, 9.17) is 14.2 Å². The van der Waals surface area contributed by atoms with Gasteiger partial charge in [-0.25, -0.2) is 0 Å². The van der Waals surface area contributed by atoms with Crippen LogP contribution in [0, 0.1) is 0 Å². The molecule has 0 radical (unpaired) electrons. The van der Waals surface area contributed by atoms with Crippen LogP contribution in [0.1, 0.15) is 68.9 Å². The first kappa shape index (κ1) is 25.3. The lowest BCUT2D eigenvalue weighted by atomic mass is 9.84. The zero-order valence-corrected chi connectivity index (χ0v) is 20.1. The minimum Gasteiger partial charge on any atom is -0.493 e. The minimum absolute atomic E-state index is 0.0766. The zero-order chi connectivity index (χ0) is 23.6. The summed E-state index contributed by atoms with van der Waals surface area (Å²) in [6, 6.07) is 11.1. The van der Waals surface area contributed by atoms with Crippen molar-refractivity contribution in [2.24, 2.45) is 0 Å². The van der Waals surface area contributed by atoms with E-state index in [2.05, 4.69) is 41.2 Å². The summed E-state index contributed by atoms with van der Waals surface area (Å²) in [5, 5.41) is 0. The van der Waals surface area contributed by atoms with Gasteiger partial charge in [-0.05, 0) is 66.3 Å². The Kier molecular flexibility index (Phi) is 9.58. The number of hydrogen-bond acceptors (Lipinski definition) is 4. The number of carbonyl (C=O) groups excluding carboxylic acids is 1. The molecule has 4 heteroatoms. The van der Waals surface area contributed by atoms with E-state index in [-0.39, 0.29) is 11.2 Å². The Hall–Kier alpha value is -3.01. The second kappa shape index (κ2) is 12.1. The summed E-state index contributed by atoms with van der Waals surface area (Å²) in [6.45, 7) is 16.0. The summed E-state index contributed by atoms with van der Waals surface area (Å²) in [4.78, 5) is 12.7. The molecule has 0 N–H and O–H groups in total. The molecule has 2 rings (SSSR count). The number of ketones is 1. The normalized spacial score (nSPS) is 11.4. The molecular weight excluding hydrogens is 400 g/mol. The number of allylic oxidation sites excluding steroid dienone is 1. The van der Waals surface area contributed by atoms with Gasteiger partial charge in [0.2, 0.25) is 0 Å². The molecule has 2 aromatic carbocycles. The molecule has 172 valence electrons. The monoisotopic (exact) mass is 436 g/mol. The van der Waals surface area contributed by atoms with E-state index >= 15 is 0 Å². The number of ether oxygens (including phenoxy) is 3. The molecule has 0 unspecified atom stereocenters. The zero-order valence-electron chi connectivity index (χ0n) is 20.1. The summed E-state index contributed by atoms with van der Waals surface area (Å²) in [5.41, 5.74) is 2.38. The lowest BCUT2D eigenvalue weighted by Crippen LogP contribution is -2.16. The third kappa shape index (κ3) is 7.30. The van der Waals surface area contributed by atoms with Gasteiger partial charge in [0.1, 0.15) is 23.9 Å². The summed E-state index contributed by atoms with van der Waals surface area (Å²) in [5.74, 6) is 2.25. The molecule has 0 heterocycles. The van der Waals surface area contributed by atoms with E-state index in [1.54, 1.807) is 36.4 Å². The average Bonchev–Trinajstić information content (AvgIpc) is 2.77. The number of benzene rings is 2. The predicted molar refractivity (Wildman–Crippen MR) is 132 cm³/mol. The van der Waals surface area contributed by atoms with Gasteiger partial charge in [-0.2, -0.15) is 0 Å². The summed E-state index contributed by atoms with van der Waals surface area (Å²) >= 11 is 0. The van der Waals surface area contributed by atoms with Crippen LogP contribution in [0.15, 0.2) is 55.1 Å². The molecule has 2 aromatic rings. The fraction of sp³-hybridized carbons (Fsp3) is 0.393. The van der Waals surface area contributed by atoms with Gasteiger partial charge in [0.05, 0.1) is 13.2 Å². The van der Waals surface area contributed by atoms with Crippen molar-refractivity contribution in [3.63, 3.8) is 0 Å². The van der Waals surface area contributed by atoms with Gasteiger partial charge in [0, 0.05) is 11.1 Å². The molecule has 4 nitrogen and oxygen atoms in total. The van der Waals surface area contributed by atoms with Gasteiger partial charge in [-0.3, -0.25) is 4.79 Å². The summed E-state index contributed by atoms with van der Waals surface area (Å²) in [6.07, 6.45) is 6.91. The van der Waals surface area contributed by atoms with E-state index in [0.717, 1.165) is 35.5 Å². The quantitative estimate of drug-likeness (QED) is 0.204. The van der Waals surface area contributed by atoms with Gasteiger partial charge >= 0.3 is 0 Å². The molecule has 0 fully saturated rings. The predicted octanol–water partition coefficient (Wildman–Crippen LogP) is 7.02. The highest BCUT2D eigenvalue weighted by atomic mass is 16.5.